The quantitative estimate of drug-likeness (QED) is 0.607. The van der Waals surface area contributed by atoms with Crippen LogP contribution in [0.2, 0.25) is 0 Å². The van der Waals surface area contributed by atoms with Crippen molar-refractivity contribution < 1.29 is 19.1 Å². The number of carboxylic acids is 1. The minimum Gasteiger partial charge on any atom is -0.480 e. The molecule has 0 saturated carbocycles. The van der Waals surface area contributed by atoms with Gasteiger partial charge in [0.2, 0.25) is 0 Å². The number of carbonyl (C=O) groups is 2. The van der Waals surface area contributed by atoms with Crippen LogP contribution in [0.15, 0.2) is 30.9 Å². The number of nitrogens with zero attached hydrogens (tertiary/aromatic N) is 1. The average molecular weight is 252 g/mol. The first kappa shape index (κ1) is 13.7. The van der Waals surface area contributed by atoms with E-state index in [0.29, 0.717) is 0 Å². The fourth-order valence-electron chi connectivity index (χ4n) is 1.43. The Morgan fingerprint density at radius 3 is 2.72 bits per heavy atom. The van der Waals surface area contributed by atoms with Crippen LogP contribution >= 0.6 is 0 Å². The summed E-state index contributed by atoms with van der Waals surface area (Å²) in [7, 11) is 0. The molecule has 0 aliphatic carbocycles. The van der Waals surface area contributed by atoms with Gasteiger partial charge in [0.1, 0.15) is 12.4 Å². The maximum absolute atomic E-state index is 13.2. The molecule has 0 bridgehead atoms. The maximum Gasteiger partial charge on any atom is 0.323 e. The summed E-state index contributed by atoms with van der Waals surface area (Å²) in [5.74, 6) is -2.52. The van der Waals surface area contributed by atoms with Gasteiger partial charge in [0, 0.05) is 6.54 Å². The van der Waals surface area contributed by atoms with Crippen molar-refractivity contribution in [3.63, 3.8) is 0 Å². The van der Waals surface area contributed by atoms with Crippen LogP contribution in [-0.2, 0) is 4.79 Å². The molecule has 6 heteroatoms. The molecule has 1 rings (SSSR count). The molecular formula is C12H13FN2O3. The Kier molecular flexibility index (Phi) is 4.42. The number of para-hydroxylation sites is 1. The number of aliphatic carboxylic acids is 1. The van der Waals surface area contributed by atoms with Crippen molar-refractivity contribution in [2.24, 2.45) is 0 Å². The van der Waals surface area contributed by atoms with E-state index in [1.54, 1.807) is 0 Å². The molecule has 0 aliphatic heterocycles. The van der Waals surface area contributed by atoms with Crippen LogP contribution in [0, 0.1) is 5.82 Å². The number of carboxylic acid groups (broad SMARTS) is 1. The minimum atomic E-state index is -1.17. The minimum absolute atomic E-state index is 0.0427. The van der Waals surface area contributed by atoms with E-state index in [0.717, 1.165) is 11.0 Å². The summed E-state index contributed by atoms with van der Waals surface area (Å²) >= 11 is 0. The Morgan fingerprint density at radius 1 is 1.50 bits per heavy atom. The highest BCUT2D eigenvalue weighted by Gasteiger charge is 2.20. The molecule has 0 spiro atoms. The predicted octanol–water partition coefficient (Wildman–Crippen LogP) is 1.12. The third-order valence-electron chi connectivity index (χ3n) is 2.25. The van der Waals surface area contributed by atoms with Crippen LogP contribution in [-0.4, -0.2) is 35.0 Å². The number of amides is 1. The predicted molar refractivity (Wildman–Crippen MR) is 64.5 cm³/mol. The van der Waals surface area contributed by atoms with Gasteiger partial charge in [-0.3, -0.25) is 9.59 Å². The second-order valence-corrected chi connectivity index (χ2v) is 3.57. The SMILES string of the molecule is C=CCN(CC(=O)O)C(=O)c1cccc(F)c1N. The van der Waals surface area contributed by atoms with Crippen LogP contribution < -0.4 is 5.73 Å². The van der Waals surface area contributed by atoms with Gasteiger partial charge >= 0.3 is 5.97 Å². The highest BCUT2D eigenvalue weighted by Crippen LogP contribution is 2.17. The van der Waals surface area contributed by atoms with E-state index < -0.39 is 24.2 Å². The lowest BCUT2D eigenvalue weighted by Gasteiger charge is -2.19. The van der Waals surface area contributed by atoms with Gasteiger partial charge in [-0.05, 0) is 12.1 Å². The lowest BCUT2D eigenvalue weighted by atomic mass is 10.1. The average Bonchev–Trinajstić information content (AvgIpc) is 2.31. The molecule has 0 aliphatic rings. The molecule has 1 amide bonds. The van der Waals surface area contributed by atoms with Gasteiger partial charge < -0.3 is 15.7 Å². The molecule has 0 unspecified atom stereocenters. The molecule has 0 aromatic heterocycles. The lowest BCUT2D eigenvalue weighted by molar-refractivity contribution is -0.137. The summed E-state index contributed by atoms with van der Waals surface area (Å²) in [6, 6.07) is 3.81. The van der Waals surface area contributed by atoms with E-state index in [1.165, 1.54) is 18.2 Å². The van der Waals surface area contributed by atoms with Crippen molar-refractivity contribution in [3.05, 3.63) is 42.2 Å². The Labute approximate surface area is 103 Å². The first-order valence-electron chi connectivity index (χ1n) is 5.13. The molecule has 3 N–H and O–H groups in total. The highest BCUT2D eigenvalue weighted by molar-refractivity contribution is 6.00. The van der Waals surface area contributed by atoms with E-state index in [1.807, 2.05) is 0 Å². The topological polar surface area (TPSA) is 83.6 Å². The summed E-state index contributed by atoms with van der Waals surface area (Å²) in [6.07, 6.45) is 1.39. The van der Waals surface area contributed by atoms with Crippen molar-refractivity contribution in [2.45, 2.75) is 0 Å². The Bertz CT molecular complexity index is 488. The smallest absolute Gasteiger partial charge is 0.323 e. The van der Waals surface area contributed by atoms with Crippen molar-refractivity contribution >= 4 is 17.6 Å². The summed E-state index contributed by atoms with van der Waals surface area (Å²) in [5.41, 5.74) is 5.11. The zero-order chi connectivity index (χ0) is 13.7. The molecule has 1 aromatic rings. The number of halogens is 1. The molecular weight excluding hydrogens is 239 g/mol. The van der Waals surface area contributed by atoms with E-state index in [9.17, 15) is 14.0 Å². The Balaban J connectivity index is 3.05. The van der Waals surface area contributed by atoms with E-state index in [4.69, 9.17) is 10.8 Å². The molecule has 5 nitrogen and oxygen atoms in total. The molecule has 0 atom stereocenters. The Morgan fingerprint density at radius 2 is 2.17 bits per heavy atom. The van der Waals surface area contributed by atoms with Crippen molar-refractivity contribution in [2.75, 3.05) is 18.8 Å². The number of nitrogens with two attached hydrogens (primary N) is 1. The number of nitrogen functional groups attached to an aromatic ring is 1. The van der Waals surface area contributed by atoms with Crippen LogP contribution in [0.1, 0.15) is 10.4 Å². The summed E-state index contributed by atoms with van der Waals surface area (Å²) in [6.45, 7) is 2.98. The van der Waals surface area contributed by atoms with Crippen molar-refractivity contribution in [1.29, 1.82) is 0 Å². The standard InChI is InChI=1S/C12H13FN2O3/c1-2-6-15(7-10(16)17)12(18)8-4-3-5-9(13)11(8)14/h2-5H,1,6-7,14H2,(H,16,17). The zero-order valence-corrected chi connectivity index (χ0v) is 9.60. The number of hydrogen-bond donors (Lipinski definition) is 2. The second-order valence-electron chi connectivity index (χ2n) is 3.57. The van der Waals surface area contributed by atoms with Crippen LogP contribution in [0.3, 0.4) is 0 Å². The summed E-state index contributed by atoms with van der Waals surface area (Å²) < 4.78 is 13.2. The lowest BCUT2D eigenvalue weighted by Crippen LogP contribution is -2.36. The first-order chi connectivity index (χ1) is 8.47. The maximum atomic E-state index is 13.2. The van der Waals surface area contributed by atoms with Gasteiger partial charge in [0.05, 0.1) is 11.3 Å². The third-order valence-corrected chi connectivity index (χ3v) is 2.25. The van der Waals surface area contributed by atoms with Gasteiger partial charge in [-0.15, -0.1) is 6.58 Å². The van der Waals surface area contributed by atoms with E-state index in [2.05, 4.69) is 6.58 Å². The van der Waals surface area contributed by atoms with E-state index >= 15 is 0 Å². The molecule has 18 heavy (non-hydrogen) atoms. The molecule has 0 saturated heterocycles. The largest absolute Gasteiger partial charge is 0.480 e. The molecule has 0 radical (unpaired) electrons. The summed E-state index contributed by atoms with van der Waals surface area (Å²) in [4.78, 5) is 23.7. The number of benzene rings is 1. The first-order valence-corrected chi connectivity index (χ1v) is 5.13. The summed E-state index contributed by atoms with van der Waals surface area (Å²) in [5, 5.41) is 8.70. The van der Waals surface area contributed by atoms with Gasteiger partial charge in [-0.1, -0.05) is 12.1 Å². The van der Waals surface area contributed by atoms with Crippen LogP contribution in [0.4, 0.5) is 10.1 Å². The van der Waals surface area contributed by atoms with Gasteiger partial charge in [-0.25, -0.2) is 4.39 Å². The molecule has 0 fully saturated rings. The van der Waals surface area contributed by atoms with Crippen LogP contribution in [0.25, 0.3) is 0 Å². The van der Waals surface area contributed by atoms with E-state index in [-0.39, 0.29) is 17.8 Å². The van der Waals surface area contributed by atoms with Crippen molar-refractivity contribution in [3.8, 4) is 0 Å². The molecule has 0 heterocycles. The fraction of sp³-hybridized carbons (Fsp3) is 0.167. The van der Waals surface area contributed by atoms with Gasteiger partial charge in [-0.2, -0.15) is 0 Å². The van der Waals surface area contributed by atoms with Crippen molar-refractivity contribution in [1.82, 2.24) is 4.90 Å². The van der Waals surface area contributed by atoms with Gasteiger partial charge in [0.15, 0.2) is 0 Å². The zero-order valence-electron chi connectivity index (χ0n) is 9.60. The Hall–Kier alpha value is -2.37. The molecule has 1 aromatic carbocycles. The van der Waals surface area contributed by atoms with Gasteiger partial charge in [0.25, 0.3) is 5.91 Å². The number of rotatable bonds is 5. The normalized spacial score (nSPS) is 9.83. The number of anilines is 1. The number of carbonyl (C=O) groups excluding carboxylic acids is 1. The molecule has 96 valence electrons. The highest BCUT2D eigenvalue weighted by atomic mass is 19.1. The fourth-order valence-corrected chi connectivity index (χ4v) is 1.43. The number of hydrogen-bond acceptors (Lipinski definition) is 3. The second kappa shape index (κ2) is 5.81. The third kappa shape index (κ3) is 3.07. The monoisotopic (exact) mass is 252 g/mol. The van der Waals surface area contributed by atoms with Crippen LogP contribution in [0.5, 0.6) is 0 Å².